The summed E-state index contributed by atoms with van der Waals surface area (Å²) in [4.78, 5) is 2.19. The van der Waals surface area contributed by atoms with Gasteiger partial charge in [0.1, 0.15) is 0 Å². The largest absolute Gasteiger partial charge is 0.389 e. The van der Waals surface area contributed by atoms with E-state index in [0.29, 0.717) is 12.6 Å². The molecule has 0 radical (unpaired) electrons. The topological polar surface area (TPSA) is 47.3 Å². The fourth-order valence-electron chi connectivity index (χ4n) is 3.27. The summed E-state index contributed by atoms with van der Waals surface area (Å²) in [6, 6.07) is 2.77. The number of nitriles is 1. The predicted molar refractivity (Wildman–Crippen MR) is 74.1 cm³/mol. The molecule has 1 rings (SSSR count). The maximum Gasteiger partial charge on any atom is 0.0718 e. The van der Waals surface area contributed by atoms with Gasteiger partial charge in [-0.15, -0.1) is 0 Å². The molecule has 1 aliphatic rings. The second kappa shape index (κ2) is 6.54. The highest BCUT2D eigenvalue weighted by Gasteiger charge is 2.34. The lowest BCUT2D eigenvalue weighted by Gasteiger charge is -2.40. The van der Waals surface area contributed by atoms with Crippen molar-refractivity contribution in [1.29, 1.82) is 5.26 Å². The van der Waals surface area contributed by atoms with E-state index in [4.69, 9.17) is 0 Å². The van der Waals surface area contributed by atoms with Gasteiger partial charge in [0.15, 0.2) is 0 Å². The highest BCUT2D eigenvalue weighted by Crippen LogP contribution is 2.34. The molecule has 3 heteroatoms. The Morgan fingerprint density at radius 3 is 2.56 bits per heavy atom. The van der Waals surface area contributed by atoms with Gasteiger partial charge in [0.25, 0.3) is 0 Å². The Balaban J connectivity index is 2.65. The molecule has 0 saturated heterocycles. The van der Waals surface area contributed by atoms with Crippen molar-refractivity contribution < 1.29 is 5.11 Å². The summed E-state index contributed by atoms with van der Waals surface area (Å²) in [6.07, 6.45) is 5.81. The minimum atomic E-state index is -0.688. The third kappa shape index (κ3) is 4.59. The molecule has 3 unspecified atom stereocenters. The SMILES string of the molecule is CCCC1CCC(C#N)C(N(C)CC(C)(C)O)C1. The standard InChI is InChI=1S/C15H28N2O/c1-5-6-12-7-8-13(10-16)14(9-12)17(4)11-15(2,3)18/h12-14,18H,5-9,11H2,1-4H3. The van der Waals surface area contributed by atoms with Crippen molar-refractivity contribution in [3.63, 3.8) is 0 Å². The number of aliphatic hydroxyl groups is 1. The monoisotopic (exact) mass is 252 g/mol. The van der Waals surface area contributed by atoms with Crippen LogP contribution < -0.4 is 0 Å². The molecule has 3 atom stereocenters. The molecule has 0 aromatic rings. The number of hydrogen-bond acceptors (Lipinski definition) is 3. The Morgan fingerprint density at radius 2 is 2.06 bits per heavy atom. The van der Waals surface area contributed by atoms with E-state index in [9.17, 15) is 10.4 Å². The summed E-state index contributed by atoms with van der Waals surface area (Å²) >= 11 is 0. The van der Waals surface area contributed by atoms with Crippen molar-refractivity contribution in [2.24, 2.45) is 11.8 Å². The van der Waals surface area contributed by atoms with Gasteiger partial charge < -0.3 is 5.11 Å². The molecule has 1 aliphatic carbocycles. The van der Waals surface area contributed by atoms with Gasteiger partial charge in [-0.25, -0.2) is 0 Å². The quantitative estimate of drug-likeness (QED) is 0.818. The average Bonchev–Trinajstić information content (AvgIpc) is 2.27. The zero-order chi connectivity index (χ0) is 13.8. The molecule has 0 spiro atoms. The molecule has 0 amide bonds. The zero-order valence-corrected chi connectivity index (χ0v) is 12.3. The van der Waals surface area contributed by atoms with Crippen molar-refractivity contribution in [3.05, 3.63) is 0 Å². The minimum absolute atomic E-state index is 0.130. The second-order valence-corrected chi connectivity index (χ2v) is 6.50. The smallest absolute Gasteiger partial charge is 0.0718 e. The van der Waals surface area contributed by atoms with Crippen LogP contribution in [0.1, 0.15) is 52.9 Å². The molecule has 0 bridgehead atoms. The number of likely N-dealkylation sites (N-methyl/N-ethyl adjacent to an activating group) is 1. The summed E-state index contributed by atoms with van der Waals surface area (Å²) in [6.45, 7) is 6.52. The van der Waals surface area contributed by atoms with Crippen LogP contribution in [0.25, 0.3) is 0 Å². The van der Waals surface area contributed by atoms with Gasteiger partial charge in [-0.1, -0.05) is 19.8 Å². The van der Waals surface area contributed by atoms with Crippen LogP contribution in [0.5, 0.6) is 0 Å². The first-order valence-electron chi connectivity index (χ1n) is 7.19. The van der Waals surface area contributed by atoms with Gasteiger partial charge in [0.2, 0.25) is 0 Å². The lowest BCUT2D eigenvalue weighted by atomic mass is 9.76. The summed E-state index contributed by atoms with van der Waals surface area (Å²) in [5.41, 5.74) is -0.688. The van der Waals surface area contributed by atoms with Crippen LogP contribution in [0.4, 0.5) is 0 Å². The summed E-state index contributed by atoms with van der Waals surface area (Å²) in [5, 5.41) is 19.2. The maximum absolute atomic E-state index is 9.92. The maximum atomic E-state index is 9.92. The Labute approximate surface area is 112 Å². The van der Waals surface area contributed by atoms with E-state index in [1.807, 2.05) is 20.9 Å². The van der Waals surface area contributed by atoms with Crippen molar-refractivity contribution in [3.8, 4) is 6.07 Å². The second-order valence-electron chi connectivity index (χ2n) is 6.50. The third-order valence-electron chi connectivity index (χ3n) is 3.99. The van der Waals surface area contributed by atoms with E-state index in [1.165, 1.54) is 19.3 Å². The van der Waals surface area contributed by atoms with Gasteiger partial charge in [0, 0.05) is 12.6 Å². The van der Waals surface area contributed by atoms with Crippen LogP contribution in [0.3, 0.4) is 0 Å². The van der Waals surface area contributed by atoms with Gasteiger partial charge in [-0.3, -0.25) is 4.90 Å². The van der Waals surface area contributed by atoms with Crippen LogP contribution >= 0.6 is 0 Å². The van der Waals surface area contributed by atoms with Crippen LogP contribution in [0.2, 0.25) is 0 Å². The molecular formula is C15H28N2O. The first kappa shape index (κ1) is 15.5. The normalized spacial score (nSPS) is 29.3. The van der Waals surface area contributed by atoms with E-state index in [1.54, 1.807) is 0 Å². The van der Waals surface area contributed by atoms with Crippen molar-refractivity contribution in [2.75, 3.05) is 13.6 Å². The van der Waals surface area contributed by atoms with E-state index < -0.39 is 5.60 Å². The van der Waals surface area contributed by atoms with Crippen LogP contribution in [0.15, 0.2) is 0 Å². The molecular weight excluding hydrogens is 224 g/mol. The van der Waals surface area contributed by atoms with Gasteiger partial charge >= 0.3 is 0 Å². The first-order chi connectivity index (χ1) is 8.37. The van der Waals surface area contributed by atoms with Crippen LogP contribution in [0, 0.1) is 23.2 Å². The Morgan fingerprint density at radius 1 is 1.39 bits per heavy atom. The van der Waals surface area contributed by atoms with E-state index in [-0.39, 0.29) is 5.92 Å². The molecule has 0 aliphatic heterocycles. The molecule has 1 N–H and O–H groups in total. The van der Waals surface area contributed by atoms with E-state index >= 15 is 0 Å². The summed E-state index contributed by atoms with van der Waals surface area (Å²) in [7, 11) is 2.04. The van der Waals surface area contributed by atoms with Crippen molar-refractivity contribution in [2.45, 2.75) is 64.5 Å². The van der Waals surface area contributed by atoms with Crippen LogP contribution in [-0.4, -0.2) is 35.2 Å². The molecule has 104 valence electrons. The average molecular weight is 252 g/mol. The molecule has 1 saturated carbocycles. The third-order valence-corrected chi connectivity index (χ3v) is 3.99. The number of rotatable bonds is 5. The van der Waals surface area contributed by atoms with E-state index in [0.717, 1.165) is 18.8 Å². The zero-order valence-electron chi connectivity index (χ0n) is 12.3. The Bertz CT molecular complexity index is 290. The van der Waals surface area contributed by atoms with Crippen molar-refractivity contribution >= 4 is 0 Å². The molecule has 0 heterocycles. The van der Waals surface area contributed by atoms with Gasteiger partial charge in [0.05, 0.1) is 17.6 Å². The molecule has 0 aromatic heterocycles. The van der Waals surface area contributed by atoms with Crippen molar-refractivity contribution in [1.82, 2.24) is 4.90 Å². The molecule has 0 aromatic carbocycles. The minimum Gasteiger partial charge on any atom is -0.389 e. The molecule has 18 heavy (non-hydrogen) atoms. The summed E-state index contributed by atoms with van der Waals surface area (Å²) in [5.74, 6) is 0.888. The molecule has 3 nitrogen and oxygen atoms in total. The fraction of sp³-hybridized carbons (Fsp3) is 0.933. The molecule has 1 fully saturated rings. The number of hydrogen-bond donors (Lipinski definition) is 1. The van der Waals surface area contributed by atoms with Crippen LogP contribution in [-0.2, 0) is 0 Å². The first-order valence-corrected chi connectivity index (χ1v) is 7.19. The Kier molecular flexibility index (Phi) is 5.62. The summed E-state index contributed by atoms with van der Waals surface area (Å²) < 4.78 is 0. The van der Waals surface area contributed by atoms with E-state index in [2.05, 4.69) is 17.9 Å². The highest BCUT2D eigenvalue weighted by atomic mass is 16.3. The Hall–Kier alpha value is -0.590. The van der Waals surface area contributed by atoms with Gasteiger partial charge in [-0.2, -0.15) is 5.26 Å². The predicted octanol–water partition coefficient (Wildman–Crippen LogP) is 2.80. The highest BCUT2D eigenvalue weighted by molar-refractivity contribution is 4.97. The lowest BCUT2D eigenvalue weighted by Crippen LogP contribution is -2.47. The lowest BCUT2D eigenvalue weighted by molar-refractivity contribution is 0.0125. The van der Waals surface area contributed by atoms with Gasteiger partial charge in [-0.05, 0) is 46.1 Å². The fourth-order valence-corrected chi connectivity index (χ4v) is 3.27. The number of nitrogens with zero attached hydrogens (tertiary/aromatic N) is 2.